The first-order chi connectivity index (χ1) is 12.2. The molecule has 0 aliphatic heterocycles. The minimum Gasteiger partial charge on any atom is -0.380 e. The second-order valence-electron chi connectivity index (χ2n) is 5.63. The van der Waals surface area contributed by atoms with Crippen LogP contribution in [-0.4, -0.2) is 51.3 Å². The zero-order valence-electron chi connectivity index (χ0n) is 15.3. The van der Waals surface area contributed by atoms with Crippen LogP contribution >= 0.6 is 0 Å². The molecular weight excluding hydrogens is 320 g/mol. The molecule has 0 aromatic heterocycles. The molecule has 0 heterocycles. The Morgan fingerprint density at radius 3 is 2.40 bits per heavy atom. The molecule has 1 rings (SSSR count). The number of rotatable bonds is 13. The molecule has 0 atom stereocenters. The lowest BCUT2D eigenvalue weighted by molar-refractivity contribution is -0.122. The van der Waals surface area contributed by atoms with Gasteiger partial charge in [0.2, 0.25) is 5.91 Å². The van der Waals surface area contributed by atoms with Gasteiger partial charge in [-0.2, -0.15) is 0 Å². The smallest absolute Gasteiger partial charge is 0.251 e. The molecule has 0 saturated heterocycles. The van der Waals surface area contributed by atoms with Crippen LogP contribution in [0.25, 0.3) is 0 Å². The van der Waals surface area contributed by atoms with Gasteiger partial charge in [-0.25, -0.2) is 0 Å². The Hall–Kier alpha value is -1.92. The van der Waals surface area contributed by atoms with E-state index in [1.54, 1.807) is 6.07 Å². The molecule has 6 heteroatoms. The molecule has 25 heavy (non-hydrogen) atoms. The average Bonchev–Trinajstić information content (AvgIpc) is 2.64. The summed E-state index contributed by atoms with van der Waals surface area (Å²) in [6.07, 6.45) is 2.18. The van der Waals surface area contributed by atoms with Gasteiger partial charge >= 0.3 is 0 Å². The minimum atomic E-state index is -0.108. The number of hydrogen-bond acceptors (Lipinski definition) is 4. The molecule has 6 nitrogen and oxygen atoms in total. The number of carbonyl (C=O) groups is 2. The fourth-order valence-electron chi connectivity index (χ4n) is 2.14. The highest BCUT2D eigenvalue weighted by molar-refractivity contribution is 5.94. The van der Waals surface area contributed by atoms with Crippen molar-refractivity contribution in [2.75, 3.05) is 39.5 Å². The SMILES string of the molecule is CCCOCCNC(=O)CCOCCNC(=O)c1cccc(CC)c1. The molecule has 0 radical (unpaired) electrons. The molecule has 0 aliphatic rings. The van der Waals surface area contributed by atoms with Gasteiger partial charge in [-0.1, -0.05) is 26.0 Å². The van der Waals surface area contributed by atoms with Crippen molar-refractivity contribution >= 4 is 11.8 Å². The van der Waals surface area contributed by atoms with Crippen LogP contribution in [-0.2, 0) is 20.7 Å². The van der Waals surface area contributed by atoms with E-state index in [2.05, 4.69) is 17.6 Å². The van der Waals surface area contributed by atoms with E-state index in [0.717, 1.165) is 18.4 Å². The molecule has 0 fully saturated rings. The maximum absolute atomic E-state index is 12.0. The average molecular weight is 350 g/mol. The van der Waals surface area contributed by atoms with E-state index in [-0.39, 0.29) is 11.8 Å². The number of hydrogen-bond donors (Lipinski definition) is 2. The molecule has 1 aromatic carbocycles. The van der Waals surface area contributed by atoms with Crippen molar-refractivity contribution in [3.63, 3.8) is 0 Å². The van der Waals surface area contributed by atoms with Gasteiger partial charge in [0.15, 0.2) is 0 Å². The van der Waals surface area contributed by atoms with E-state index >= 15 is 0 Å². The quantitative estimate of drug-likeness (QED) is 0.533. The second kappa shape index (κ2) is 13.4. The Bertz CT molecular complexity index is 520. The summed E-state index contributed by atoms with van der Waals surface area (Å²) in [6, 6.07) is 7.58. The molecular formula is C19H30N2O4. The highest BCUT2D eigenvalue weighted by atomic mass is 16.5. The van der Waals surface area contributed by atoms with E-state index in [0.29, 0.717) is 51.5 Å². The summed E-state index contributed by atoms with van der Waals surface area (Å²) in [5.41, 5.74) is 1.79. The fraction of sp³-hybridized carbons (Fsp3) is 0.579. The van der Waals surface area contributed by atoms with Crippen LogP contribution in [0, 0.1) is 0 Å². The molecule has 2 amide bonds. The van der Waals surface area contributed by atoms with Gasteiger partial charge < -0.3 is 20.1 Å². The Morgan fingerprint density at radius 1 is 0.960 bits per heavy atom. The summed E-state index contributed by atoms with van der Waals surface area (Å²) in [4.78, 5) is 23.5. The van der Waals surface area contributed by atoms with E-state index in [9.17, 15) is 9.59 Å². The number of nitrogens with one attached hydrogen (secondary N) is 2. The van der Waals surface area contributed by atoms with E-state index in [1.165, 1.54) is 0 Å². The van der Waals surface area contributed by atoms with Crippen LogP contribution in [0.4, 0.5) is 0 Å². The number of ether oxygens (including phenoxy) is 2. The van der Waals surface area contributed by atoms with Crippen molar-refractivity contribution in [2.24, 2.45) is 0 Å². The lowest BCUT2D eigenvalue weighted by Gasteiger charge is -2.08. The zero-order valence-corrected chi connectivity index (χ0v) is 15.3. The van der Waals surface area contributed by atoms with Gasteiger partial charge in [-0.05, 0) is 30.5 Å². The predicted molar refractivity (Wildman–Crippen MR) is 97.7 cm³/mol. The summed E-state index contributed by atoms with van der Waals surface area (Å²) >= 11 is 0. The summed E-state index contributed by atoms with van der Waals surface area (Å²) in [6.45, 7) is 7.00. The zero-order chi connectivity index (χ0) is 18.3. The number of aryl methyl sites for hydroxylation is 1. The lowest BCUT2D eigenvalue weighted by Crippen LogP contribution is -2.29. The third-order valence-electron chi connectivity index (χ3n) is 3.52. The molecule has 0 aliphatic carbocycles. The van der Waals surface area contributed by atoms with E-state index in [1.807, 2.05) is 25.1 Å². The van der Waals surface area contributed by atoms with Crippen molar-refractivity contribution in [3.8, 4) is 0 Å². The molecule has 0 saturated carbocycles. The number of benzene rings is 1. The van der Waals surface area contributed by atoms with Gasteiger partial charge in [0.05, 0.1) is 19.8 Å². The van der Waals surface area contributed by atoms with Crippen molar-refractivity contribution in [1.82, 2.24) is 10.6 Å². The maximum Gasteiger partial charge on any atom is 0.251 e. The van der Waals surface area contributed by atoms with Gasteiger partial charge in [-0.3, -0.25) is 9.59 Å². The molecule has 0 spiro atoms. The summed E-state index contributed by atoms with van der Waals surface area (Å²) in [7, 11) is 0. The van der Waals surface area contributed by atoms with Crippen LogP contribution in [0.1, 0.15) is 42.6 Å². The highest BCUT2D eigenvalue weighted by Gasteiger charge is 2.05. The lowest BCUT2D eigenvalue weighted by atomic mass is 10.1. The largest absolute Gasteiger partial charge is 0.380 e. The van der Waals surface area contributed by atoms with Crippen molar-refractivity contribution in [1.29, 1.82) is 0 Å². The monoisotopic (exact) mass is 350 g/mol. The normalized spacial score (nSPS) is 10.5. The molecule has 2 N–H and O–H groups in total. The molecule has 1 aromatic rings. The molecule has 140 valence electrons. The first-order valence-electron chi connectivity index (χ1n) is 8.96. The van der Waals surface area contributed by atoms with Crippen molar-refractivity contribution in [3.05, 3.63) is 35.4 Å². The van der Waals surface area contributed by atoms with E-state index in [4.69, 9.17) is 9.47 Å². The van der Waals surface area contributed by atoms with Crippen molar-refractivity contribution in [2.45, 2.75) is 33.1 Å². The standard InChI is InChI=1S/C19H30N2O4/c1-3-11-24-13-9-20-18(22)8-12-25-14-10-21-19(23)17-7-5-6-16(4-2)15-17/h5-7,15H,3-4,8-14H2,1-2H3,(H,20,22)(H,21,23). The van der Waals surface area contributed by atoms with E-state index < -0.39 is 0 Å². The molecule has 0 bridgehead atoms. The Labute approximate surface area is 150 Å². The molecule has 0 unspecified atom stereocenters. The second-order valence-corrected chi connectivity index (χ2v) is 5.63. The summed E-state index contributed by atoms with van der Waals surface area (Å²) in [5, 5.41) is 5.58. The number of carbonyl (C=O) groups excluding carboxylic acids is 2. The highest BCUT2D eigenvalue weighted by Crippen LogP contribution is 2.05. The summed E-state index contributed by atoms with van der Waals surface area (Å²) < 4.78 is 10.7. The van der Waals surface area contributed by atoms with Crippen LogP contribution in [0.3, 0.4) is 0 Å². The maximum atomic E-state index is 12.0. The van der Waals surface area contributed by atoms with Crippen LogP contribution in [0.5, 0.6) is 0 Å². The topological polar surface area (TPSA) is 76.7 Å². The summed E-state index contributed by atoms with van der Waals surface area (Å²) in [5.74, 6) is -0.163. The Balaban J connectivity index is 2.04. The van der Waals surface area contributed by atoms with Crippen molar-refractivity contribution < 1.29 is 19.1 Å². The van der Waals surface area contributed by atoms with Gasteiger partial charge in [0.25, 0.3) is 5.91 Å². The van der Waals surface area contributed by atoms with Crippen LogP contribution in [0.15, 0.2) is 24.3 Å². The minimum absolute atomic E-state index is 0.0551. The van der Waals surface area contributed by atoms with Gasteiger partial charge in [0.1, 0.15) is 0 Å². The van der Waals surface area contributed by atoms with Crippen LogP contribution in [0.2, 0.25) is 0 Å². The third-order valence-corrected chi connectivity index (χ3v) is 3.52. The fourth-order valence-corrected chi connectivity index (χ4v) is 2.14. The number of amides is 2. The Morgan fingerprint density at radius 2 is 1.68 bits per heavy atom. The van der Waals surface area contributed by atoms with Gasteiger partial charge in [-0.15, -0.1) is 0 Å². The third kappa shape index (κ3) is 9.84. The predicted octanol–water partition coefficient (Wildman–Crippen LogP) is 1.93. The van der Waals surface area contributed by atoms with Gasteiger partial charge in [0, 0.05) is 31.7 Å². The first kappa shape index (κ1) is 21.1. The first-order valence-corrected chi connectivity index (χ1v) is 8.96. The van der Waals surface area contributed by atoms with Crippen LogP contribution < -0.4 is 10.6 Å². The Kier molecular flexibility index (Phi) is 11.3.